The molecule has 0 saturated heterocycles. The number of halogens is 1. The summed E-state index contributed by atoms with van der Waals surface area (Å²) >= 11 is 0. The smallest absolute Gasteiger partial charge is 0.254 e. The van der Waals surface area contributed by atoms with Crippen molar-refractivity contribution in [3.8, 4) is 5.75 Å². The molecule has 1 aliphatic carbocycles. The van der Waals surface area contributed by atoms with Gasteiger partial charge in [0.1, 0.15) is 11.9 Å². The van der Waals surface area contributed by atoms with Gasteiger partial charge in [0.05, 0.1) is 12.6 Å². The molecule has 0 spiro atoms. The highest BCUT2D eigenvalue weighted by Gasteiger charge is 2.29. The molecule has 2 atom stereocenters. The van der Waals surface area contributed by atoms with E-state index < -0.39 is 0 Å². The number of nitrogens with zero attached hydrogens (tertiary/aromatic N) is 2. The maximum absolute atomic E-state index is 14.9. The van der Waals surface area contributed by atoms with E-state index in [-0.39, 0.29) is 29.6 Å². The van der Waals surface area contributed by atoms with Crippen LogP contribution >= 0.6 is 0 Å². The summed E-state index contributed by atoms with van der Waals surface area (Å²) in [5.41, 5.74) is 4.79. The van der Waals surface area contributed by atoms with Gasteiger partial charge in [-0.05, 0) is 61.6 Å². The lowest BCUT2D eigenvalue weighted by Gasteiger charge is -2.19. The Morgan fingerprint density at radius 1 is 1.25 bits per heavy atom. The van der Waals surface area contributed by atoms with E-state index in [0.29, 0.717) is 24.5 Å². The number of aromatic nitrogens is 1. The number of carbonyl (C=O) groups is 1. The van der Waals surface area contributed by atoms with Gasteiger partial charge in [-0.3, -0.25) is 4.79 Å². The highest BCUT2D eigenvalue weighted by Crippen LogP contribution is 2.36. The van der Waals surface area contributed by atoms with E-state index in [1.165, 1.54) is 11.6 Å². The number of aryl methyl sites for hydroxylation is 1. The van der Waals surface area contributed by atoms with Gasteiger partial charge in [-0.2, -0.15) is 0 Å². The number of nitrogens with one attached hydrogen (secondary N) is 1. The molecule has 0 saturated carbocycles. The van der Waals surface area contributed by atoms with Crippen LogP contribution in [0.3, 0.4) is 0 Å². The predicted octanol–water partition coefficient (Wildman–Crippen LogP) is 5.44. The fourth-order valence-corrected chi connectivity index (χ4v) is 4.63. The number of ether oxygens (including phenoxy) is 1. The van der Waals surface area contributed by atoms with Crippen LogP contribution in [0.15, 0.2) is 54.7 Å². The summed E-state index contributed by atoms with van der Waals surface area (Å²) in [6, 6.07) is 14.9. The normalized spacial score (nSPS) is 17.8. The minimum absolute atomic E-state index is 0.0293. The van der Waals surface area contributed by atoms with Crippen molar-refractivity contribution in [3.63, 3.8) is 0 Å². The third-order valence-electron chi connectivity index (χ3n) is 6.46. The minimum atomic E-state index is -0.376. The summed E-state index contributed by atoms with van der Waals surface area (Å²) in [4.78, 5) is 18.7. The number of rotatable bonds is 6. The predicted molar refractivity (Wildman–Crippen MR) is 121 cm³/mol. The molecule has 1 aliphatic heterocycles. The van der Waals surface area contributed by atoms with Gasteiger partial charge in [0.25, 0.3) is 5.91 Å². The first kappa shape index (κ1) is 20.5. The Hall–Kier alpha value is -3.41. The summed E-state index contributed by atoms with van der Waals surface area (Å²) in [5.74, 6) is 0.592. The molecule has 1 amide bonds. The van der Waals surface area contributed by atoms with Crippen LogP contribution in [-0.2, 0) is 13.0 Å². The second-order valence-electron chi connectivity index (χ2n) is 8.40. The van der Waals surface area contributed by atoms with Crippen LogP contribution in [0, 0.1) is 5.82 Å². The summed E-state index contributed by atoms with van der Waals surface area (Å²) in [6.07, 6.45) is 3.34. The van der Waals surface area contributed by atoms with Gasteiger partial charge in [-0.15, -0.1) is 0 Å². The summed E-state index contributed by atoms with van der Waals surface area (Å²) < 4.78 is 21.0. The number of carbonyl (C=O) groups excluding carboxylic acids is 1. The highest BCUT2D eigenvalue weighted by atomic mass is 19.1. The first-order valence-electron chi connectivity index (χ1n) is 11.1. The number of hydrogen-bond donors (Lipinski definition) is 1. The lowest BCUT2D eigenvalue weighted by Crippen LogP contribution is -2.22. The fraction of sp³-hybridized carbons (Fsp3) is 0.308. The molecular weight excluding hydrogens is 405 g/mol. The average Bonchev–Trinajstić information content (AvgIpc) is 3.36. The van der Waals surface area contributed by atoms with Crippen molar-refractivity contribution in [2.45, 2.75) is 45.4 Å². The third-order valence-corrected chi connectivity index (χ3v) is 6.46. The molecule has 5 nitrogen and oxygen atoms in total. The van der Waals surface area contributed by atoms with E-state index in [9.17, 15) is 9.18 Å². The number of amides is 1. The first-order valence-corrected chi connectivity index (χ1v) is 11.1. The van der Waals surface area contributed by atoms with Crippen molar-refractivity contribution in [2.24, 2.45) is 0 Å². The molecule has 0 fully saturated rings. The van der Waals surface area contributed by atoms with Crippen molar-refractivity contribution in [1.82, 2.24) is 9.88 Å². The Balaban J connectivity index is 1.32. The topological polar surface area (TPSA) is 54.5 Å². The van der Waals surface area contributed by atoms with Gasteiger partial charge in [-0.1, -0.05) is 30.3 Å². The molecule has 5 rings (SSSR count). The van der Waals surface area contributed by atoms with Crippen LogP contribution < -0.4 is 10.1 Å². The monoisotopic (exact) mass is 431 g/mol. The molecule has 1 N–H and O–H groups in total. The lowest BCUT2D eigenvalue weighted by molar-refractivity contribution is 0.0787. The van der Waals surface area contributed by atoms with Crippen LogP contribution in [0.25, 0.3) is 0 Å². The largest absolute Gasteiger partial charge is 0.483 e. The van der Waals surface area contributed by atoms with Crippen LogP contribution in [-0.4, -0.2) is 22.3 Å². The second-order valence-corrected chi connectivity index (χ2v) is 8.40. The molecule has 0 radical (unpaired) electrons. The molecule has 2 aliphatic rings. The van der Waals surface area contributed by atoms with Gasteiger partial charge in [0.15, 0.2) is 11.6 Å². The van der Waals surface area contributed by atoms with E-state index in [1.807, 2.05) is 32.0 Å². The Labute approximate surface area is 187 Å². The standard InChI is InChI=1S/C26H26FN3O2/c1-3-30-15-21-20(26(30)31)12-13-28-25(21)29-16(2)18-9-11-24(22(27)14-18)32-23-10-8-17-6-4-5-7-19(17)23/h4-7,9,11-14,16,23H,3,8,10,15H2,1-2H3,(H,28,29). The summed E-state index contributed by atoms with van der Waals surface area (Å²) in [5, 5.41) is 3.36. The molecular formula is C26H26FN3O2. The molecule has 0 bridgehead atoms. The maximum atomic E-state index is 14.9. The van der Waals surface area contributed by atoms with Gasteiger partial charge in [-0.25, -0.2) is 9.37 Å². The van der Waals surface area contributed by atoms with Gasteiger partial charge in [0.2, 0.25) is 0 Å². The Kier molecular flexibility index (Phi) is 5.29. The number of benzene rings is 2. The zero-order valence-corrected chi connectivity index (χ0v) is 18.3. The van der Waals surface area contributed by atoms with E-state index >= 15 is 0 Å². The Bertz CT molecular complexity index is 1180. The van der Waals surface area contributed by atoms with E-state index in [4.69, 9.17) is 4.74 Å². The molecule has 6 heteroatoms. The number of anilines is 1. The van der Waals surface area contributed by atoms with Crippen LogP contribution in [0.5, 0.6) is 5.75 Å². The average molecular weight is 432 g/mol. The zero-order valence-electron chi connectivity index (χ0n) is 18.3. The van der Waals surface area contributed by atoms with Crippen molar-refractivity contribution >= 4 is 11.7 Å². The molecule has 2 aromatic carbocycles. The summed E-state index contributed by atoms with van der Waals surface area (Å²) in [6.45, 7) is 5.11. The molecule has 1 aromatic heterocycles. The van der Waals surface area contributed by atoms with Gasteiger partial charge < -0.3 is 15.0 Å². The van der Waals surface area contributed by atoms with Crippen molar-refractivity contribution in [3.05, 3.63) is 88.4 Å². The summed E-state index contributed by atoms with van der Waals surface area (Å²) in [7, 11) is 0. The molecule has 3 aromatic rings. The van der Waals surface area contributed by atoms with E-state index in [2.05, 4.69) is 22.4 Å². The van der Waals surface area contributed by atoms with Crippen LogP contribution in [0.1, 0.15) is 65.0 Å². The second kappa shape index (κ2) is 8.26. The SMILES string of the molecule is CCN1Cc2c(ccnc2NC(C)c2ccc(OC3CCc4ccccc43)c(F)c2)C1=O. The van der Waals surface area contributed by atoms with E-state index in [0.717, 1.165) is 29.5 Å². The van der Waals surface area contributed by atoms with Crippen molar-refractivity contribution in [1.29, 1.82) is 0 Å². The molecule has 2 heterocycles. The van der Waals surface area contributed by atoms with Gasteiger partial charge in [0, 0.05) is 23.9 Å². The minimum Gasteiger partial charge on any atom is -0.483 e. The number of pyridine rings is 1. The Morgan fingerprint density at radius 2 is 2.09 bits per heavy atom. The molecule has 2 unspecified atom stereocenters. The highest BCUT2D eigenvalue weighted by molar-refractivity contribution is 5.99. The quantitative estimate of drug-likeness (QED) is 0.565. The number of hydrogen-bond acceptors (Lipinski definition) is 4. The first-order chi connectivity index (χ1) is 15.5. The Morgan fingerprint density at radius 3 is 2.91 bits per heavy atom. The van der Waals surface area contributed by atoms with Crippen LogP contribution in [0.2, 0.25) is 0 Å². The van der Waals surface area contributed by atoms with E-state index in [1.54, 1.807) is 23.2 Å². The maximum Gasteiger partial charge on any atom is 0.254 e. The van der Waals surface area contributed by atoms with Gasteiger partial charge >= 0.3 is 0 Å². The third kappa shape index (κ3) is 3.60. The molecule has 164 valence electrons. The van der Waals surface area contributed by atoms with Crippen LogP contribution in [0.4, 0.5) is 10.2 Å². The zero-order chi connectivity index (χ0) is 22.2. The number of fused-ring (bicyclic) bond motifs is 2. The lowest BCUT2D eigenvalue weighted by atomic mass is 10.1. The fourth-order valence-electron chi connectivity index (χ4n) is 4.63. The molecule has 32 heavy (non-hydrogen) atoms. The van der Waals surface area contributed by atoms with Crippen molar-refractivity contribution < 1.29 is 13.9 Å². The van der Waals surface area contributed by atoms with Crippen molar-refractivity contribution in [2.75, 3.05) is 11.9 Å².